The number of fused-ring (bicyclic) bond motifs is 2. The van der Waals surface area contributed by atoms with Crippen LogP contribution in [0.25, 0.3) is 0 Å². The van der Waals surface area contributed by atoms with Gasteiger partial charge in [0.2, 0.25) is 28.6 Å². The molecule has 3 aliphatic rings. The Morgan fingerprint density at radius 3 is 2.54 bits per heavy atom. The molecule has 3 aliphatic heterocycles. The molecule has 0 aromatic heterocycles. The highest BCUT2D eigenvalue weighted by atomic mass is 32.2. The van der Waals surface area contributed by atoms with Crippen LogP contribution in [-0.2, 0) is 32.6 Å². The number of benzene rings is 2. The number of nitrogens with zero attached hydrogens (tertiary/aromatic N) is 2. The maximum absolute atomic E-state index is 13.3. The molecule has 3 heterocycles. The van der Waals surface area contributed by atoms with Crippen molar-refractivity contribution in [3.05, 3.63) is 47.5 Å². The molecule has 0 saturated carbocycles. The van der Waals surface area contributed by atoms with E-state index in [0.29, 0.717) is 37.3 Å². The van der Waals surface area contributed by atoms with Crippen molar-refractivity contribution < 1.29 is 27.5 Å². The number of hydrogen-bond acceptors (Lipinski definition) is 6. The third-order valence-corrected chi connectivity index (χ3v) is 8.87. The molecule has 1 fully saturated rings. The van der Waals surface area contributed by atoms with Gasteiger partial charge in [0.05, 0.1) is 4.90 Å². The van der Waals surface area contributed by atoms with Gasteiger partial charge >= 0.3 is 0 Å². The highest BCUT2D eigenvalue weighted by Crippen LogP contribution is 2.35. The standard InChI is InChI=1S/C25H29N3O6S/c1-16-11-20-13-21(4-5-22(20)28(16)17(2)29)35(31,32)27-9-7-19(8-10-27)25(30)26-14-18-3-6-23-24(12-18)34-15-33-23/h3-6,12-13,16,19H,7-11,14-15H2,1-2H3,(H,26,30). The van der Waals surface area contributed by atoms with E-state index in [0.717, 1.165) is 16.8 Å². The van der Waals surface area contributed by atoms with Gasteiger partial charge in [0, 0.05) is 44.2 Å². The molecular formula is C25H29N3O6S. The number of rotatable bonds is 5. The van der Waals surface area contributed by atoms with Crippen LogP contribution in [0.4, 0.5) is 5.69 Å². The molecule has 0 spiro atoms. The lowest BCUT2D eigenvalue weighted by molar-refractivity contribution is -0.126. The van der Waals surface area contributed by atoms with Gasteiger partial charge in [0.15, 0.2) is 11.5 Å². The van der Waals surface area contributed by atoms with Crippen LogP contribution in [0.2, 0.25) is 0 Å². The van der Waals surface area contributed by atoms with E-state index in [1.807, 2.05) is 25.1 Å². The van der Waals surface area contributed by atoms with Crippen molar-refractivity contribution in [1.82, 2.24) is 9.62 Å². The summed E-state index contributed by atoms with van der Waals surface area (Å²) in [4.78, 5) is 26.6. The average Bonchev–Trinajstić information content (AvgIpc) is 3.44. The monoisotopic (exact) mass is 499 g/mol. The Morgan fingerprint density at radius 2 is 1.80 bits per heavy atom. The molecule has 0 bridgehead atoms. The summed E-state index contributed by atoms with van der Waals surface area (Å²) >= 11 is 0. The number of piperidine rings is 1. The molecule has 35 heavy (non-hydrogen) atoms. The van der Waals surface area contributed by atoms with Crippen molar-refractivity contribution in [2.75, 3.05) is 24.8 Å². The number of amides is 2. The number of ether oxygens (including phenoxy) is 2. The zero-order valence-electron chi connectivity index (χ0n) is 19.8. The molecule has 0 radical (unpaired) electrons. The first-order chi connectivity index (χ1) is 16.7. The first kappa shape index (κ1) is 23.6. The van der Waals surface area contributed by atoms with E-state index in [4.69, 9.17) is 9.47 Å². The van der Waals surface area contributed by atoms with Crippen LogP contribution < -0.4 is 19.7 Å². The van der Waals surface area contributed by atoms with Gasteiger partial charge in [-0.25, -0.2) is 8.42 Å². The fourth-order valence-corrected chi connectivity index (χ4v) is 6.66. The Labute approximate surface area is 205 Å². The molecule has 2 aromatic carbocycles. The maximum Gasteiger partial charge on any atom is 0.243 e. The normalized spacial score (nSPS) is 20.1. The number of hydrogen-bond donors (Lipinski definition) is 1. The molecule has 1 atom stereocenters. The summed E-state index contributed by atoms with van der Waals surface area (Å²) in [6, 6.07) is 10.6. The minimum atomic E-state index is -3.68. The summed E-state index contributed by atoms with van der Waals surface area (Å²) in [6.07, 6.45) is 1.56. The lowest BCUT2D eigenvalue weighted by Gasteiger charge is -2.30. The molecule has 9 nitrogen and oxygen atoms in total. The molecule has 5 rings (SSSR count). The van der Waals surface area contributed by atoms with Crippen LogP contribution in [0.5, 0.6) is 11.5 Å². The van der Waals surface area contributed by atoms with Gasteiger partial charge < -0.3 is 19.7 Å². The SMILES string of the molecule is CC(=O)N1c2ccc(S(=O)(=O)N3CCC(C(=O)NCc4ccc5c(c4)OCO5)CC3)cc2CC1C. The van der Waals surface area contributed by atoms with Gasteiger partial charge in [-0.2, -0.15) is 4.31 Å². The van der Waals surface area contributed by atoms with E-state index in [9.17, 15) is 18.0 Å². The first-order valence-corrected chi connectivity index (χ1v) is 13.3. The van der Waals surface area contributed by atoms with Gasteiger partial charge in [-0.3, -0.25) is 9.59 Å². The summed E-state index contributed by atoms with van der Waals surface area (Å²) < 4.78 is 38.7. The fraction of sp³-hybridized carbons (Fsp3) is 0.440. The van der Waals surface area contributed by atoms with E-state index in [2.05, 4.69) is 5.32 Å². The molecule has 1 saturated heterocycles. The van der Waals surface area contributed by atoms with E-state index < -0.39 is 10.0 Å². The zero-order chi connectivity index (χ0) is 24.7. The van der Waals surface area contributed by atoms with Crippen LogP contribution in [0.1, 0.15) is 37.8 Å². The summed E-state index contributed by atoms with van der Waals surface area (Å²) in [5, 5.41) is 2.96. The summed E-state index contributed by atoms with van der Waals surface area (Å²) in [7, 11) is -3.68. The van der Waals surface area contributed by atoms with Crippen molar-refractivity contribution in [3.63, 3.8) is 0 Å². The molecule has 0 aliphatic carbocycles. The Hall–Kier alpha value is -3.11. The minimum Gasteiger partial charge on any atom is -0.454 e. The van der Waals surface area contributed by atoms with Crippen molar-refractivity contribution >= 4 is 27.5 Å². The van der Waals surface area contributed by atoms with E-state index in [1.165, 1.54) is 11.2 Å². The number of anilines is 1. The number of carbonyl (C=O) groups is 2. The zero-order valence-corrected chi connectivity index (χ0v) is 20.6. The van der Waals surface area contributed by atoms with E-state index in [-0.39, 0.29) is 48.6 Å². The third-order valence-electron chi connectivity index (χ3n) is 6.97. The first-order valence-electron chi connectivity index (χ1n) is 11.8. The summed E-state index contributed by atoms with van der Waals surface area (Å²) in [6.45, 7) is 4.63. The summed E-state index contributed by atoms with van der Waals surface area (Å²) in [5.41, 5.74) is 2.56. The van der Waals surface area contributed by atoms with Crippen molar-refractivity contribution in [2.24, 2.45) is 5.92 Å². The third kappa shape index (κ3) is 4.48. The lowest BCUT2D eigenvalue weighted by atomic mass is 9.97. The van der Waals surface area contributed by atoms with Crippen molar-refractivity contribution in [1.29, 1.82) is 0 Å². The van der Waals surface area contributed by atoms with Crippen molar-refractivity contribution in [3.8, 4) is 11.5 Å². The van der Waals surface area contributed by atoms with Crippen LogP contribution in [0.3, 0.4) is 0 Å². The molecule has 10 heteroatoms. The van der Waals surface area contributed by atoms with Gasteiger partial charge in [-0.1, -0.05) is 6.07 Å². The second-order valence-electron chi connectivity index (χ2n) is 9.32. The predicted molar refractivity (Wildman–Crippen MR) is 129 cm³/mol. The maximum atomic E-state index is 13.3. The topological polar surface area (TPSA) is 105 Å². The Balaban J connectivity index is 1.19. The molecule has 2 amide bonds. The van der Waals surface area contributed by atoms with Gasteiger partial charge in [0.25, 0.3) is 0 Å². The predicted octanol–water partition coefficient (Wildman–Crippen LogP) is 2.43. The number of sulfonamides is 1. The summed E-state index contributed by atoms with van der Waals surface area (Å²) in [5.74, 6) is 1.01. The average molecular weight is 500 g/mol. The quantitative estimate of drug-likeness (QED) is 0.678. The lowest BCUT2D eigenvalue weighted by Crippen LogP contribution is -2.42. The van der Waals surface area contributed by atoms with Gasteiger partial charge in [-0.05, 0) is 67.6 Å². The van der Waals surface area contributed by atoms with Crippen LogP contribution in [-0.4, -0.2) is 50.5 Å². The van der Waals surface area contributed by atoms with Gasteiger partial charge in [-0.15, -0.1) is 0 Å². The highest BCUT2D eigenvalue weighted by molar-refractivity contribution is 7.89. The van der Waals surface area contributed by atoms with Crippen molar-refractivity contribution in [2.45, 2.75) is 50.6 Å². The van der Waals surface area contributed by atoms with E-state index in [1.54, 1.807) is 23.1 Å². The number of carbonyl (C=O) groups excluding carboxylic acids is 2. The second-order valence-corrected chi connectivity index (χ2v) is 11.3. The van der Waals surface area contributed by atoms with Crippen LogP contribution in [0, 0.1) is 5.92 Å². The molecular weight excluding hydrogens is 470 g/mol. The smallest absolute Gasteiger partial charge is 0.243 e. The molecule has 1 N–H and O–H groups in total. The Bertz CT molecular complexity index is 1270. The van der Waals surface area contributed by atoms with E-state index >= 15 is 0 Å². The Morgan fingerprint density at radius 1 is 1.06 bits per heavy atom. The fourth-order valence-electron chi connectivity index (χ4n) is 5.14. The van der Waals surface area contributed by atoms with Crippen LogP contribution in [0.15, 0.2) is 41.3 Å². The molecule has 1 unspecified atom stereocenters. The minimum absolute atomic E-state index is 0.00683. The number of nitrogens with one attached hydrogen (secondary N) is 1. The molecule has 2 aromatic rings. The second kappa shape index (κ2) is 9.16. The van der Waals surface area contributed by atoms with Crippen LogP contribution >= 0.6 is 0 Å². The largest absolute Gasteiger partial charge is 0.454 e. The van der Waals surface area contributed by atoms with Gasteiger partial charge in [0.1, 0.15) is 0 Å². The Kier molecular flexibility index (Phi) is 6.18. The molecule has 186 valence electrons. The highest BCUT2D eigenvalue weighted by Gasteiger charge is 2.34.